The Kier molecular flexibility index (Phi) is 6.85. The maximum absolute atomic E-state index is 14.6. The number of nitrogens with one attached hydrogen (secondary N) is 1. The molecule has 2 saturated heterocycles. The van der Waals surface area contributed by atoms with E-state index in [1.807, 2.05) is 11.3 Å². The lowest BCUT2D eigenvalue weighted by molar-refractivity contribution is -0.143. The van der Waals surface area contributed by atoms with E-state index in [0.717, 1.165) is 62.5 Å². The van der Waals surface area contributed by atoms with Crippen molar-refractivity contribution in [1.29, 1.82) is 0 Å². The zero-order valence-corrected chi connectivity index (χ0v) is 22.7. The van der Waals surface area contributed by atoms with Crippen molar-refractivity contribution >= 4 is 17.2 Å². The molecule has 36 heavy (non-hydrogen) atoms. The summed E-state index contributed by atoms with van der Waals surface area (Å²) in [5.74, 6) is 2.52. The normalized spacial score (nSPS) is 30.9. The fourth-order valence-corrected chi connectivity index (χ4v) is 9.26. The fraction of sp³-hybridized carbons (Fsp3) is 0.667. The number of nitrogens with zero attached hydrogens (tertiary/aromatic N) is 2. The predicted molar refractivity (Wildman–Crippen MR) is 145 cm³/mol. The van der Waals surface area contributed by atoms with Gasteiger partial charge in [0.05, 0.1) is 23.7 Å². The molecule has 1 amide bonds. The number of rotatable bonds is 4. The third kappa shape index (κ3) is 4.18. The Morgan fingerprint density at radius 1 is 1.17 bits per heavy atom. The minimum absolute atomic E-state index is 0.0327. The summed E-state index contributed by atoms with van der Waals surface area (Å²) in [4.78, 5) is 23.2. The van der Waals surface area contributed by atoms with Crippen LogP contribution in [0.4, 0.5) is 0 Å². The Balaban J connectivity index is 1.30. The second-order valence-corrected chi connectivity index (χ2v) is 12.9. The van der Waals surface area contributed by atoms with E-state index in [4.69, 9.17) is 9.72 Å². The van der Waals surface area contributed by atoms with E-state index < -0.39 is 0 Å². The molecule has 1 aromatic heterocycles. The molecule has 6 rings (SSSR count). The van der Waals surface area contributed by atoms with Crippen LogP contribution >= 0.6 is 11.3 Å². The van der Waals surface area contributed by atoms with Gasteiger partial charge in [-0.05, 0) is 75.3 Å². The fourth-order valence-electron chi connectivity index (χ4n) is 8.02. The minimum Gasteiger partial charge on any atom is -0.496 e. The number of hydrogen-bond acceptors (Lipinski definition) is 5. The Bertz CT molecular complexity index is 1090. The predicted octanol–water partition coefficient (Wildman–Crippen LogP) is 5.61. The van der Waals surface area contributed by atoms with Crippen LogP contribution in [0.15, 0.2) is 24.3 Å². The monoisotopic (exact) mass is 507 g/mol. The van der Waals surface area contributed by atoms with E-state index in [2.05, 4.69) is 41.4 Å². The molecule has 6 heteroatoms. The lowest BCUT2D eigenvalue weighted by atomic mass is 9.68. The number of likely N-dealkylation sites (tertiary alicyclic amines) is 1. The molecule has 4 unspecified atom stereocenters. The van der Waals surface area contributed by atoms with Crippen molar-refractivity contribution in [3.63, 3.8) is 0 Å². The zero-order valence-electron chi connectivity index (χ0n) is 21.9. The van der Waals surface area contributed by atoms with Crippen molar-refractivity contribution in [3.8, 4) is 5.75 Å². The molecule has 1 spiro atoms. The standard InChI is InChI=1S/C30H41N3O2S/c1-20-32-25-12-8-15-30(28(25)36-20)19-31-18-24(30)29(34)33-16-14-22(23-11-6-7-13-27(23)35-2)17-26(33)21-9-4-3-5-10-21/h6-7,11,13,21-22,24,26,31H,3-5,8-10,12,14-19H2,1-2H3. The van der Waals surface area contributed by atoms with Crippen molar-refractivity contribution in [2.45, 2.75) is 88.5 Å². The van der Waals surface area contributed by atoms with E-state index in [1.54, 1.807) is 7.11 Å². The SMILES string of the molecule is COc1ccccc1C1CCN(C(=O)C2CNCC23CCCc2nc(C)sc23)C(C2CCCCC2)C1. The number of carbonyl (C=O) groups excluding carboxylic acids is 1. The van der Waals surface area contributed by atoms with Gasteiger partial charge in [-0.25, -0.2) is 4.98 Å². The van der Waals surface area contributed by atoms with Gasteiger partial charge >= 0.3 is 0 Å². The lowest BCUT2D eigenvalue weighted by Gasteiger charge is -2.47. The number of carbonyl (C=O) groups is 1. The number of aromatic nitrogens is 1. The highest BCUT2D eigenvalue weighted by atomic mass is 32.1. The van der Waals surface area contributed by atoms with Gasteiger partial charge in [0, 0.05) is 36.0 Å². The summed E-state index contributed by atoms with van der Waals surface area (Å²) in [6.45, 7) is 4.71. The number of benzene rings is 1. The van der Waals surface area contributed by atoms with Gasteiger partial charge in [0.1, 0.15) is 5.75 Å². The number of aryl methyl sites for hydroxylation is 2. The third-order valence-electron chi connectivity index (χ3n) is 9.75. The van der Waals surface area contributed by atoms with Gasteiger partial charge in [-0.1, -0.05) is 37.5 Å². The maximum Gasteiger partial charge on any atom is 0.228 e. The molecule has 1 saturated carbocycles. The molecular weight excluding hydrogens is 466 g/mol. The van der Waals surface area contributed by atoms with E-state index >= 15 is 0 Å². The van der Waals surface area contributed by atoms with Crippen LogP contribution in [0.3, 0.4) is 0 Å². The van der Waals surface area contributed by atoms with E-state index in [-0.39, 0.29) is 11.3 Å². The Labute approximate surface area is 220 Å². The van der Waals surface area contributed by atoms with Gasteiger partial charge in [-0.2, -0.15) is 0 Å². The van der Waals surface area contributed by atoms with Crippen molar-refractivity contribution in [1.82, 2.24) is 15.2 Å². The summed E-state index contributed by atoms with van der Waals surface area (Å²) in [5, 5.41) is 4.81. The highest BCUT2D eigenvalue weighted by molar-refractivity contribution is 7.11. The van der Waals surface area contributed by atoms with Crippen LogP contribution in [0, 0.1) is 18.8 Å². The molecule has 4 aliphatic rings. The van der Waals surface area contributed by atoms with Gasteiger partial charge in [0.25, 0.3) is 0 Å². The molecule has 2 aliphatic carbocycles. The number of amides is 1. The van der Waals surface area contributed by atoms with Crippen LogP contribution in [-0.4, -0.2) is 48.6 Å². The van der Waals surface area contributed by atoms with Crippen LogP contribution in [0.25, 0.3) is 0 Å². The third-order valence-corrected chi connectivity index (χ3v) is 11.0. The number of methoxy groups -OCH3 is 1. The summed E-state index contributed by atoms with van der Waals surface area (Å²) in [6.07, 6.45) is 11.9. The molecule has 194 valence electrons. The van der Waals surface area contributed by atoms with Crippen LogP contribution in [0.1, 0.15) is 84.8 Å². The molecule has 2 aromatic rings. The summed E-state index contributed by atoms with van der Waals surface area (Å²) in [5.41, 5.74) is 2.53. The quantitative estimate of drug-likeness (QED) is 0.585. The summed E-state index contributed by atoms with van der Waals surface area (Å²) >= 11 is 1.85. The second-order valence-electron chi connectivity index (χ2n) is 11.7. The first-order chi connectivity index (χ1) is 17.6. The van der Waals surface area contributed by atoms with Crippen LogP contribution in [0.5, 0.6) is 5.75 Å². The summed E-state index contributed by atoms with van der Waals surface area (Å²) in [7, 11) is 1.78. The van der Waals surface area contributed by atoms with Crippen molar-refractivity contribution < 1.29 is 9.53 Å². The van der Waals surface area contributed by atoms with Gasteiger partial charge < -0.3 is 15.0 Å². The molecule has 1 N–H and O–H groups in total. The Hall–Kier alpha value is -1.92. The maximum atomic E-state index is 14.6. The molecule has 2 aliphatic heterocycles. The molecule has 3 heterocycles. The number of hydrogen-bond donors (Lipinski definition) is 1. The van der Waals surface area contributed by atoms with Crippen LogP contribution < -0.4 is 10.1 Å². The molecule has 0 bridgehead atoms. The first-order valence-corrected chi connectivity index (χ1v) is 15.0. The topological polar surface area (TPSA) is 54.5 Å². The number of piperidine rings is 1. The first-order valence-electron chi connectivity index (χ1n) is 14.2. The van der Waals surface area contributed by atoms with Crippen LogP contribution in [0.2, 0.25) is 0 Å². The minimum atomic E-state index is -0.0623. The molecule has 4 atom stereocenters. The van der Waals surface area contributed by atoms with E-state index in [0.29, 0.717) is 23.8 Å². The smallest absolute Gasteiger partial charge is 0.228 e. The van der Waals surface area contributed by atoms with Gasteiger partial charge in [-0.15, -0.1) is 11.3 Å². The second kappa shape index (κ2) is 10.1. The Morgan fingerprint density at radius 3 is 2.83 bits per heavy atom. The van der Waals surface area contributed by atoms with E-state index in [1.165, 1.54) is 48.2 Å². The zero-order chi connectivity index (χ0) is 24.7. The van der Waals surface area contributed by atoms with E-state index in [9.17, 15) is 4.79 Å². The lowest BCUT2D eigenvalue weighted by Crippen LogP contribution is -2.55. The van der Waals surface area contributed by atoms with Gasteiger partial charge in [0.2, 0.25) is 5.91 Å². The number of para-hydroxylation sites is 1. The number of ether oxygens (including phenoxy) is 1. The largest absolute Gasteiger partial charge is 0.496 e. The average molecular weight is 508 g/mol. The average Bonchev–Trinajstić information content (AvgIpc) is 3.52. The molecule has 3 fully saturated rings. The Morgan fingerprint density at radius 2 is 2.00 bits per heavy atom. The van der Waals surface area contributed by atoms with Gasteiger partial charge in [0.15, 0.2) is 0 Å². The number of fused-ring (bicyclic) bond motifs is 2. The summed E-state index contributed by atoms with van der Waals surface area (Å²) in [6, 6.07) is 8.87. The molecule has 0 radical (unpaired) electrons. The number of thiazole rings is 1. The molecular formula is C30H41N3O2S. The van der Waals surface area contributed by atoms with Crippen molar-refractivity contribution in [2.75, 3.05) is 26.7 Å². The highest BCUT2D eigenvalue weighted by Gasteiger charge is 2.53. The van der Waals surface area contributed by atoms with Crippen molar-refractivity contribution in [2.24, 2.45) is 11.8 Å². The highest BCUT2D eigenvalue weighted by Crippen LogP contribution is 2.49. The molecule has 1 aromatic carbocycles. The first kappa shape index (κ1) is 24.4. The van der Waals surface area contributed by atoms with Crippen LogP contribution in [-0.2, 0) is 16.6 Å². The molecule has 5 nitrogen and oxygen atoms in total. The van der Waals surface area contributed by atoms with Crippen molar-refractivity contribution in [3.05, 3.63) is 45.4 Å². The summed E-state index contributed by atoms with van der Waals surface area (Å²) < 4.78 is 5.75. The van der Waals surface area contributed by atoms with Gasteiger partial charge in [-0.3, -0.25) is 4.79 Å².